The Morgan fingerprint density at radius 1 is 1.17 bits per heavy atom. The summed E-state index contributed by atoms with van der Waals surface area (Å²) in [6, 6.07) is 14.3. The Morgan fingerprint density at radius 2 is 2.00 bits per heavy atom. The second-order valence-corrected chi connectivity index (χ2v) is 7.00. The van der Waals surface area contributed by atoms with E-state index in [1.165, 1.54) is 13.3 Å². The molecule has 2 aromatic heterocycles. The molecule has 0 aliphatic heterocycles. The normalized spacial score (nSPS) is 10.7. The third-order valence-corrected chi connectivity index (χ3v) is 5.01. The van der Waals surface area contributed by atoms with Crippen molar-refractivity contribution in [3.63, 3.8) is 0 Å². The van der Waals surface area contributed by atoms with Gasteiger partial charge in [-0.1, -0.05) is 29.8 Å². The van der Waals surface area contributed by atoms with E-state index in [4.69, 9.17) is 16.3 Å². The molecule has 7 nitrogen and oxygen atoms in total. The number of fused-ring (bicyclic) bond motifs is 1. The lowest BCUT2D eigenvalue weighted by atomic mass is 10.1. The Bertz CT molecular complexity index is 1300. The van der Waals surface area contributed by atoms with Gasteiger partial charge in [0.2, 0.25) is 0 Å². The van der Waals surface area contributed by atoms with Crippen LogP contribution in [0.2, 0.25) is 5.02 Å². The van der Waals surface area contributed by atoms with E-state index in [-0.39, 0.29) is 5.56 Å². The molecule has 0 spiro atoms. The topological polar surface area (TPSA) is 97.0 Å². The maximum absolute atomic E-state index is 12.5. The van der Waals surface area contributed by atoms with Gasteiger partial charge in [0.1, 0.15) is 12.0 Å². The molecule has 0 fully saturated rings. The van der Waals surface area contributed by atoms with E-state index in [0.29, 0.717) is 50.7 Å². The number of nitrogens with zero attached hydrogens (tertiary/aromatic N) is 2. The number of aldehydes is 1. The average Bonchev–Trinajstić information content (AvgIpc) is 2.75. The van der Waals surface area contributed by atoms with Crippen molar-refractivity contribution < 1.29 is 9.53 Å². The smallest absolute Gasteiger partial charge is 0.275 e. The number of hydrogen-bond acceptors (Lipinski definition) is 6. The van der Waals surface area contributed by atoms with Gasteiger partial charge in [-0.25, -0.2) is 5.10 Å². The predicted molar refractivity (Wildman–Crippen MR) is 116 cm³/mol. The summed E-state index contributed by atoms with van der Waals surface area (Å²) in [5, 5.41) is 10.6. The van der Waals surface area contributed by atoms with Crippen molar-refractivity contribution in [2.24, 2.45) is 0 Å². The van der Waals surface area contributed by atoms with Crippen LogP contribution in [-0.2, 0) is 6.42 Å². The summed E-state index contributed by atoms with van der Waals surface area (Å²) in [5.41, 5.74) is 3.36. The maximum atomic E-state index is 12.5. The van der Waals surface area contributed by atoms with E-state index in [0.717, 1.165) is 11.8 Å². The maximum Gasteiger partial charge on any atom is 0.275 e. The largest absolute Gasteiger partial charge is 0.495 e. The molecule has 8 heteroatoms. The Hall–Kier alpha value is -3.71. The van der Waals surface area contributed by atoms with E-state index in [9.17, 15) is 9.59 Å². The van der Waals surface area contributed by atoms with Gasteiger partial charge in [0.15, 0.2) is 0 Å². The first-order valence-corrected chi connectivity index (χ1v) is 9.48. The molecule has 2 N–H and O–H groups in total. The molecule has 0 aliphatic rings. The second-order valence-electron chi connectivity index (χ2n) is 6.59. The third-order valence-electron chi connectivity index (χ3n) is 4.64. The molecule has 0 atom stereocenters. The summed E-state index contributed by atoms with van der Waals surface area (Å²) in [5.74, 6) is 0.475. The minimum absolute atomic E-state index is 0.365. The fourth-order valence-electron chi connectivity index (χ4n) is 3.22. The number of methoxy groups -OCH3 is 1. The highest BCUT2D eigenvalue weighted by Crippen LogP contribution is 2.31. The van der Waals surface area contributed by atoms with Gasteiger partial charge in [0, 0.05) is 22.7 Å². The molecule has 0 amide bonds. The molecule has 2 aromatic carbocycles. The van der Waals surface area contributed by atoms with Crippen LogP contribution in [0.4, 0.5) is 11.4 Å². The number of ether oxygens (including phenoxy) is 1. The fraction of sp³-hybridized carbons (Fsp3) is 0.0909. The van der Waals surface area contributed by atoms with Crippen LogP contribution < -0.4 is 15.6 Å². The summed E-state index contributed by atoms with van der Waals surface area (Å²) in [7, 11) is 1.51. The van der Waals surface area contributed by atoms with Crippen molar-refractivity contribution in [3.05, 3.63) is 86.9 Å². The Morgan fingerprint density at radius 3 is 2.77 bits per heavy atom. The van der Waals surface area contributed by atoms with E-state index in [1.54, 1.807) is 24.3 Å². The van der Waals surface area contributed by atoms with Gasteiger partial charge in [0.05, 0.1) is 35.6 Å². The zero-order valence-corrected chi connectivity index (χ0v) is 16.7. The predicted octanol–water partition coefficient (Wildman–Crippen LogP) is 4.13. The number of rotatable bonds is 6. The first kappa shape index (κ1) is 19.6. The van der Waals surface area contributed by atoms with Gasteiger partial charge < -0.3 is 10.1 Å². The number of anilines is 2. The Labute approximate surface area is 176 Å². The molecule has 150 valence electrons. The van der Waals surface area contributed by atoms with E-state index >= 15 is 0 Å². The van der Waals surface area contributed by atoms with Gasteiger partial charge in [-0.2, -0.15) is 5.10 Å². The van der Waals surface area contributed by atoms with Crippen molar-refractivity contribution in [1.29, 1.82) is 0 Å². The van der Waals surface area contributed by atoms with Gasteiger partial charge in [0.25, 0.3) is 5.56 Å². The van der Waals surface area contributed by atoms with Gasteiger partial charge in [-0.05, 0) is 35.9 Å². The van der Waals surface area contributed by atoms with E-state index in [1.807, 2.05) is 24.3 Å². The SMILES string of the molecule is COc1cc(C=O)ccc1Nc1cc(Cc2ccccc2Cl)nc2cn[nH]c(=O)c12. The highest BCUT2D eigenvalue weighted by Gasteiger charge is 2.14. The first-order valence-electron chi connectivity index (χ1n) is 9.10. The van der Waals surface area contributed by atoms with E-state index < -0.39 is 0 Å². The van der Waals surface area contributed by atoms with Crippen LogP contribution in [0.25, 0.3) is 10.9 Å². The number of pyridine rings is 1. The van der Waals surface area contributed by atoms with Crippen LogP contribution >= 0.6 is 11.6 Å². The number of carbonyl (C=O) groups is 1. The lowest BCUT2D eigenvalue weighted by Gasteiger charge is -2.14. The van der Waals surface area contributed by atoms with Gasteiger partial charge in [-0.15, -0.1) is 0 Å². The molecule has 0 unspecified atom stereocenters. The molecule has 4 rings (SSSR count). The zero-order chi connectivity index (χ0) is 21.1. The number of carbonyl (C=O) groups excluding carboxylic acids is 1. The van der Waals surface area contributed by atoms with Crippen molar-refractivity contribution >= 4 is 40.2 Å². The third kappa shape index (κ3) is 3.88. The molecule has 30 heavy (non-hydrogen) atoms. The van der Waals surface area contributed by atoms with Crippen LogP contribution in [0.5, 0.6) is 5.75 Å². The van der Waals surface area contributed by atoms with E-state index in [2.05, 4.69) is 20.5 Å². The lowest BCUT2D eigenvalue weighted by molar-refractivity contribution is 0.112. The molecule has 0 saturated carbocycles. The van der Waals surface area contributed by atoms with Crippen LogP contribution in [0, 0.1) is 0 Å². The van der Waals surface area contributed by atoms with Crippen LogP contribution in [0.15, 0.2) is 59.5 Å². The lowest BCUT2D eigenvalue weighted by Crippen LogP contribution is -2.12. The van der Waals surface area contributed by atoms with Crippen LogP contribution in [0.3, 0.4) is 0 Å². The molecule has 0 bridgehead atoms. The number of halogens is 1. The fourth-order valence-corrected chi connectivity index (χ4v) is 3.42. The summed E-state index contributed by atoms with van der Waals surface area (Å²) < 4.78 is 5.39. The van der Waals surface area contributed by atoms with Crippen LogP contribution in [0.1, 0.15) is 21.6 Å². The minimum atomic E-state index is -0.365. The zero-order valence-electron chi connectivity index (χ0n) is 16.0. The van der Waals surface area contributed by atoms with Crippen molar-refractivity contribution in [1.82, 2.24) is 15.2 Å². The summed E-state index contributed by atoms with van der Waals surface area (Å²) >= 11 is 6.30. The number of aromatic amines is 1. The van der Waals surface area contributed by atoms with Crippen LogP contribution in [-0.4, -0.2) is 28.6 Å². The molecule has 2 heterocycles. The molecule has 0 saturated heterocycles. The number of nitrogens with one attached hydrogen (secondary N) is 2. The number of aromatic nitrogens is 3. The quantitative estimate of drug-likeness (QED) is 0.455. The van der Waals surface area contributed by atoms with Gasteiger partial charge >= 0.3 is 0 Å². The summed E-state index contributed by atoms with van der Waals surface area (Å²) in [6.45, 7) is 0. The van der Waals surface area contributed by atoms with Crippen molar-refractivity contribution in [3.8, 4) is 5.75 Å². The van der Waals surface area contributed by atoms with Crippen molar-refractivity contribution in [2.75, 3.05) is 12.4 Å². The van der Waals surface area contributed by atoms with Crippen molar-refractivity contribution in [2.45, 2.75) is 6.42 Å². The molecule has 4 aromatic rings. The van der Waals surface area contributed by atoms with Gasteiger partial charge in [-0.3, -0.25) is 14.6 Å². The summed E-state index contributed by atoms with van der Waals surface area (Å²) in [4.78, 5) is 28.1. The Balaban J connectivity index is 1.83. The monoisotopic (exact) mass is 420 g/mol. The number of benzene rings is 2. The highest BCUT2D eigenvalue weighted by molar-refractivity contribution is 6.31. The highest BCUT2D eigenvalue weighted by atomic mass is 35.5. The molecule has 0 aliphatic carbocycles. The summed E-state index contributed by atoms with van der Waals surface area (Å²) in [6.07, 6.45) is 2.73. The standard InChI is InChI=1S/C22H17ClN4O3/c1-30-20-8-13(12-28)6-7-17(20)26-18-10-15(9-14-4-2-3-5-16(14)23)25-19-11-24-27-22(29)21(18)19/h2-8,10-12H,9H2,1H3,(H,25,26)(H,27,29). The average molecular weight is 421 g/mol. The number of H-pyrrole nitrogens is 1. The first-order chi connectivity index (χ1) is 14.6. The second kappa shape index (κ2) is 8.34. The molecular formula is C22H17ClN4O3. The minimum Gasteiger partial charge on any atom is -0.495 e. The molecular weight excluding hydrogens is 404 g/mol. The molecule has 0 radical (unpaired) electrons. The Kier molecular flexibility index (Phi) is 5.45. The number of hydrogen-bond donors (Lipinski definition) is 2.